The van der Waals surface area contributed by atoms with E-state index in [4.69, 9.17) is 4.74 Å². The zero-order valence-corrected chi connectivity index (χ0v) is 17.1. The van der Waals surface area contributed by atoms with Gasteiger partial charge in [-0.25, -0.2) is 0 Å². The van der Waals surface area contributed by atoms with Gasteiger partial charge in [0.05, 0.1) is 6.54 Å². The zero-order chi connectivity index (χ0) is 22.0. The highest BCUT2D eigenvalue weighted by atomic mass is 16.6. The monoisotopic (exact) mass is 411 g/mol. The Hall–Kier alpha value is -2.78. The van der Waals surface area contributed by atoms with Gasteiger partial charge in [-0.3, -0.25) is 28.9 Å². The normalized spacial score (nSPS) is 15.1. The molecule has 29 heavy (non-hydrogen) atoms. The minimum atomic E-state index is -1.01. The second-order valence-electron chi connectivity index (χ2n) is 7.70. The van der Waals surface area contributed by atoms with E-state index in [0.717, 1.165) is 4.90 Å². The first-order chi connectivity index (χ1) is 13.5. The summed E-state index contributed by atoms with van der Waals surface area (Å²) in [5, 5.41) is 4.88. The van der Waals surface area contributed by atoms with E-state index in [0.29, 0.717) is 6.29 Å². The lowest BCUT2D eigenvalue weighted by molar-refractivity contribution is -0.155. The molecule has 0 bridgehead atoms. The molecule has 1 fully saturated rings. The van der Waals surface area contributed by atoms with Crippen molar-refractivity contribution in [3.05, 3.63) is 0 Å². The summed E-state index contributed by atoms with van der Waals surface area (Å²) >= 11 is 0. The first kappa shape index (κ1) is 24.3. The molecule has 4 amide bonds. The molecule has 0 radical (unpaired) electrons. The van der Waals surface area contributed by atoms with Crippen molar-refractivity contribution in [1.29, 1.82) is 0 Å². The van der Waals surface area contributed by atoms with E-state index < -0.39 is 29.4 Å². The smallest absolute Gasteiger partial charge is 0.306 e. The van der Waals surface area contributed by atoms with Crippen molar-refractivity contribution >= 4 is 35.9 Å². The molecule has 0 saturated carbocycles. The van der Waals surface area contributed by atoms with E-state index in [9.17, 15) is 28.8 Å². The maximum atomic E-state index is 12.2. The van der Waals surface area contributed by atoms with Crippen LogP contribution < -0.4 is 10.6 Å². The van der Waals surface area contributed by atoms with E-state index in [1.54, 1.807) is 20.8 Å². The van der Waals surface area contributed by atoms with Gasteiger partial charge in [0.1, 0.15) is 17.9 Å². The van der Waals surface area contributed by atoms with Gasteiger partial charge >= 0.3 is 5.97 Å². The van der Waals surface area contributed by atoms with Gasteiger partial charge in [-0.1, -0.05) is 0 Å². The second-order valence-corrected chi connectivity index (χ2v) is 7.70. The number of ether oxygens (including phenoxy) is 1. The number of rotatable bonds is 11. The quantitative estimate of drug-likeness (QED) is 0.273. The van der Waals surface area contributed by atoms with Gasteiger partial charge in [0.15, 0.2) is 0 Å². The Bertz CT molecular complexity index is 639. The highest BCUT2D eigenvalue weighted by molar-refractivity contribution is 6.01. The predicted molar refractivity (Wildman–Crippen MR) is 101 cm³/mol. The summed E-state index contributed by atoms with van der Waals surface area (Å²) in [5.74, 6) is -2.05. The Morgan fingerprint density at radius 2 is 1.76 bits per heavy atom. The number of nitrogens with zero attached hydrogens (tertiary/aromatic N) is 1. The summed E-state index contributed by atoms with van der Waals surface area (Å²) in [7, 11) is 0. The van der Waals surface area contributed by atoms with Crippen LogP contribution in [-0.2, 0) is 33.5 Å². The average molecular weight is 411 g/mol. The fourth-order valence-electron chi connectivity index (χ4n) is 2.73. The van der Waals surface area contributed by atoms with Crippen LogP contribution >= 0.6 is 0 Å². The highest BCUT2D eigenvalue weighted by Crippen LogP contribution is 2.13. The number of hydrogen-bond acceptors (Lipinski definition) is 7. The fraction of sp³-hybridized carbons (Fsp3) is 0.684. The van der Waals surface area contributed by atoms with E-state index in [-0.39, 0.29) is 63.4 Å². The molecule has 2 N–H and O–H groups in total. The zero-order valence-electron chi connectivity index (χ0n) is 17.1. The largest absolute Gasteiger partial charge is 0.460 e. The Balaban J connectivity index is 2.53. The topological polar surface area (TPSA) is 139 Å². The lowest BCUT2D eigenvalue weighted by Crippen LogP contribution is -2.47. The number of carbonyl (C=O) groups excluding carboxylic acids is 6. The first-order valence-electron chi connectivity index (χ1n) is 9.59. The number of hydrogen-bond donors (Lipinski definition) is 2. The molecule has 0 aromatic rings. The number of aldehydes is 1. The number of imide groups is 1. The number of likely N-dealkylation sites (tertiary alicyclic amines) is 1. The van der Waals surface area contributed by atoms with Crippen LogP contribution in [0, 0.1) is 0 Å². The molecule has 1 aliphatic rings. The van der Waals surface area contributed by atoms with Gasteiger partial charge in [-0.15, -0.1) is 0 Å². The standard InChI is InChI=1S/C19H29N3O7/c1-19(2,3)29-17(27)9-6-13(18(28)20-10-12-23)21-14(24)5-4-11-22-15(25)7-8-16(22)26/h12-13H,4-11H2,1-3H3,(H,20,28)(H,21,24). The fourth-order valence-corrected chi connectivity index (χ4v) is 2.73. The van der Waals surface area contributed by atoms with Crippen molar-refractivity contribution in [2.24, 2.45) is 0 Å². The maximum Gasteiger partial charge on any atom is 0.306 e. The van der Waals surface area contributed by atoms with Crippen molar-refractivity contribution in [1.82, 2.24) is 15.5 Å². The van der Waals surface area contributed by atoms with Gasteiger partial charge < -0.3 is 20.2 Å². The van der Waals surface area contributed by atoms with Gasteiger partial charge in [0.25, 0.3) is 0 Å². The molecule has 10 heteroatoms. The van der Waals surface area contributed by atoms with Crippen molar-refractivity contribution in [2.45, 2.75) is 70.9 Å². The lowest BCUT2D eigenvalue weighted by atomic mass is 10.1. The van der Waals surface area contributed by atoms with E-state index in [2.05, 4.69) is 10.6 Å². The van der Waals surface area contributed by atoms with E-state index >= 15 is 0 Å². The minimum absolute atomic E-state index is 0.000950. The van der Waals surface area contributed by atoms with Gasteiger partial charge in [-0.2, -0.15) is 0 Å². The third-order valence-electron chi connectivity index (χ3n) is 4.01. The molecule has 0 spiro atoms. The van der Waals surface area contributed by atoms with Crippen LogP contribution in [0.15, 0.2) is 0 Å². The molecule has 0 aromatic heterocycles. The third-order valence-corrected chi connectivity index (χ3v) is 4.01. The minimum Gasteiger partial charge on any atom is -0.460 e. The molecule has 162 valence electrons. The van der Waals surface area contributed by atoms with E-state index in [1.807, 2.05) is 0 Å². The summed E-state index contributed by atoms with van der Waals surface area (Å²) in [6.07, 6.45) is 1.07. The van der Waals surface area contributed by atoms with Gasteiger partial charge in [0.2, 0.25) is 23.6 Å². The Labute approximate surface area is 169 Å². The average Bonchev–Trinajstić information content (AvgIpc) is 2.93. The van der Waals surface area contributed by atoms with Crippen LogP contribution in [0.3, 0.4) is 0 Å². The van der Waals surface area contributed by atoms with Crippen molar-refractivity contribution in [3.8, 4) is 0 Å². The highest BCUT2D eigenvalue weighted by Gasteiger charge is 2.28. The van der Waals surface area contributed by atoms with Crippen LogP contribution in [-0.4, -0.2) is 65.5 Å². The molecule has 1 saturated heterocycles. The first-order valence-corrected chi connectivity index (χ1v) is 9.59. The molecule has 0 aromatic carbocycles. The Morgan fingerprint density at radius 3 is 2.31 bits per heavy atom. The Morgan fingerprint density at radius 1 is 1.14 bits per heavy atom. The lowest BCUT2D eigenvalue weighted by Gasteiger charge is -2.21. The van der Waals surface area contributed by atoms with Gasteiger partial charge in [-0.05, 0) is 33.6 Å². The summed E-state index contributed by atoms with van der Waals surface area (Å²) < 4.78 is 5.19. The maximum absolute atomic E-state index is 12.2. The molecule has 1 heterocycles. The summed E-state index contributed by atoms with van der Waals surface area (Å²) in [4.78, 5) is 70.9. The van der Waals surface area contributed by atoms with Crippen molar-refractivity contribution < 1.29 is 33.5 Å². The SMILES string of the molecule is CC(C)(C)OC(=O)CCC(NC(=O)CCCN1C(=O)CCC1=O)C(=O)NCC=O. The van der Waals surface area contributed by atoms with E-state index in [1.165, 1.54) is 0 Å². The van der Waals surface area contributed by atoms with Crippen molar-refractivity contribution in [3.63, 3.8) is 0 Å². The van der Waals surface area contributed by atoms with Crippen LogP contribution in [0.4, 0.5) is 0 Å². The molecule has 1 rings (SSSR count). The molecule has 0 aliphatic carbocycles. The summed E-state index contributed by atoms with van der Waals surface area (Å²) in [6, 6.07) is -1.01. The molecule has 1 atom stereocenters. The number of amides is 4. The Kier molecular flexibility index (Phi) is 9.43. The molecular formula is C19H29N3O7. The van der Waals surface area contributed by atoms with Crippen LogP contribution in [0.1, 0.15) is 59.3 Å². The predicted octanol–water partition coefficient (Wildman–Crippen LogP) is -0.163. The number of esters is 1. The van der Waals surface area contributed by atoms with Gasteiger partial charge in [0, 0.05) is 32.2 Å². The summed E-state index contributed by atoms with van der Waals surface area (Å²) in [6.45, 7) is 5.09. The third kappa shape index (κ3) is 9.31. The van der Waals surface area contributed by atoms with Crippen LogP contribution in [0.5, 0.6) is 0 Å². The second kappa shape index (κ2) is 11.3. The summed E-state index contributed by atoms with van der Waals surface area (Å²) in [5.41, 5.74) is -0.667. The molecule has 1 unspecified atom stereocenters. The molecule has 1 aliphatic heterocycles. The van der Waals surface area contributed by atoms with Crippen molar-refractivity contribution in [2.75, 3.05) is 13.1 Å². The molecule has 10 nitrogen and oxygen atoms in total. The van der Waals surface area contributed by atoms with Crippen LogP contribution in [0.25, 0.3) is 0 Å². The van der Waals surface area contributed by atoms with Crippen LogP contribution in [0.2, 0.25) is 0 Å². The molecular weight excluding hydrogens is 382 g/mol. The number of carbonyl (C=O) groups is 6. The number of nitrogens with one attached hydrogen (secondary N) is 2.